The quantitative estimate of drug-likeness (QED) is 0.417. The van der Waals surface area contributed by atoms with Crippen LogP contribution in [0.5, 0.6) is 0 Å². The van der Waals surface area contributed by atoms with Gasteiger partial charge in [0.05, 0.1) is 17.1 Å². The molecule has 3 nitrogen and oxygen atoms in total. The van der Waals surface area contributed by atoms with Crippen LogP contribution in [0.15, 0.2) is 18.5 Å². The van der Waals surface area contributed by atoms with Crippen molar-refractivity contribution in [3.63, 3.8) is 0 Å². The van der Waals surface area contributed by atoms with Gasteiger partial charge >= 0.3 is 0 Å². The number of hydrogen-bond acceptors (Lipinski definition) is 2. The topological polar surface area (TPSA) is 30.2 Å². The molecule has 0 bridgehead atoms. The van der Waals surface area contributed by atoms with Crippen molar-refractivity contribution in [2.75, 3.05) is 5.33 Å². The Kier molecular flexibility index (Phi) is 2.71. The summed E-state index contributed by atoms with van der Waals surface area (Å²) >= 11 is 9.00. The summed E-state index contributed by atoms with van der Waals surface area (Å²) in [4.78, 5) is 4.14. The zero-order valence-electron chi connectivity index (χ0n) is 7.04. The first kappa shape index (κ1) is 9.50. The van der Waals surface area contributed by atoms with Crippen molar-refractivity contribution < 1.29 is 0 Å². The second-order valence-electron chi connectivity index (χ2n) is 2.51. The second-order valence-corrected chi connectivity index (χ2v) is 3.46. The molecule has 0 N–H and O–H groups in total. The van der Waals surface area contributed by atoms with Crippen LogP contribution in [0.3, 0.4) is 0 Å². The molecule has 0 spiro atoms. The Morgan fingerprint density at radius 3 is 3.21 bits per heavy atom. The van der Waals surface area contributed by atoms with Crippen molar-refractivity contribution in [2.45, 2.75) is 0 Å². The highest BCUT2D eigenvalue weighted by Gasteiger charge is 2.02. The summed E-state index contributed by atoms with van der Waals surface area (Å²) in [7, 11) is 0. The fourth-order valence-electron chi connectivity index (χ4n) is 1.06. The van der Waals surface area contributed by atoms with Crippen LogP contribution in [-0.4, -0.2) is 19.9 Å². The molecule has 0 aromatic carbocycles. The Morgan fingerprint density at radius 1 is 1.57 bits per heavy atom. The average Bonchev–Trinajstić information content (AvgIpc) is 2.57. The van der Waals surface area contributed by atoms with Crippen LogP contribution < -0.4 is 0 Å². The van der Waals surface area contributed by atoms with Gasteiger partial charge in [0.25, 0.3) is 0 Å². The summed E-state index contributed by atoms with van der Waals surface area (Å²) < 4.78 is 1.64. The Balaban J connectivity index is 2.61. The lowest BCUT2D eigenvalue weighted by Crippen LogP contribution is -1.89. The minimum absolute atomic E-state index is 0.444. The molecule has 2 aromatic rings. The number of nitrogens with zero attached hydrogens (tertiary/aromatic N) is 3. The minimum atomic E-state index is 0.444. The molecule has 0 aliphatic heterocycles. The van der Waals surface area contributed by atoms with Crippen LogP contribution in [0.4, 0.5) is 0 Å². The molecule has 5 heteroatoms. The van der Waals surface area contributed by atoms with Gasteiger partial charge in [-0.3, -0.25) is 0 Å². The van der Waals surface area contributed by atoms with Gasteiger partial charge in [0.2, 0.25) is 0 Å². The fraction of sp³-hybridized carbons (Fsp3) is 0.111. The number of halogens is 2. The first-order chi connectivity index (χ1) is 6.81. The molecule has 0 aliphatic carbocycles. The van der Waals surface area contributed by atoms with Gasteiger partial charge in [-0.05, 0) is 6.07 Å². The predicted molar refractivity (Wildman–Crippen MR) is 58.7 cm³/mol. The van der Waals surface area contributed by atoms with Crippen molar-refractivity contribution >= 4 is 33.2 Å². The minimum Gasteiger partial charge on any atom is -0.221 e. The molecular formula is C9H5BrClN3. The lowest BCUT2D eigenvalue weighted by atomic mass is 10.3. The summed E-state index contributed by atoms with van der Waals surface area (Å²) in [6.45, 7) is 0. The molecule has 70 valence electrons. The molecular weight excluding hydrogens is 265 g/mol. The van der Waals surface area contributed by atoms with E-state index >= 15 is 0 Å². The van der Waals surface area contributed by atoms with E-state index < -0.39 is 0 Å². The van der Waals surface area contributed by atoms with Crippen molar-refractivity contribution in [1.82, 2.24) is 14.6 Å². The van der Waals surface area contributed by atoms with Crippen LogP contribution in [0.25, 0.3) is 5.65 Å². The maximum atomic E-state index is 5.77. The van der Waals surface area contributed by atoms with E-state index in [2.05, 4.69) is 37.9 Å². The largest absolute Gasteiger partial charge is 0.221 e. The summed E-state index contributed by atoms with van der Waals surface area (Å²) in [5.74, 6) is 5.84. The first-order valence-corrected chi connectivity index (χ1v) is 5.36. The molecule has 0 amide bonds. The number of fused-ring (bicyclic) bond motifs is 1. The SMILES string of the molecule is Clc1ccn2ncc(C#CCBr)c2n1. The highest BCUT2D eigenvalue weighted by molar-refractivity contribution is 9.09. The zero-order chi connectivity index (χ0) is 9.97. The van der Waals surface area contributed by atoms with E-state index in [1.54, 1.807) is 23.0 Å². The summed E-state index contributed by atoms with van der Waals surface area (Å²) in [6, 6.07) is 1.68. The van der Waals surface area contributed by atoms with E-state index in [1.165, 1.54) is 0 Å². The van der Waals surface area contributed by atoms with Crippen molar-refractivity contribution in [2.24, 2.45) is 0 Å². The monoisotopic (exact) mass is 269 g/mol. The Hall–Kier alpha value is -1.05. The number of alkyl halides is 1. The van der Waals surface area contributed by atoms with E-state index in [1.807, 2.05) is 0 Å². The molecule has 2 rings (SSSR count). The summed E-state index contributed by atoms with van der Waals surface area (Å²) in [5.41, 5.74) is 1.47. The van der Waals surface area contributed by atoms with Crippen LogP contribution >= 0.6 is 27.5 Å². The standard InChI is InChI=1S/C9H5BrClN3/c10-4-1-2-7-6-12-14-5-3-8(11)13-9(7)14/h3,5-6H,4H2. The third-order valence-corrected chi connectivity index (χ3v) is 2.12. The normalized spacial score (nSPS) is 9.86. The molecule has 0 aliphatic rings. The van der Waals surface area contributed by atoms with Crippen LogP contribution in [-0.2, 0) is 0 Å². The molecule has 0 atom stereocenters. The molecule has 0 saturated carbocycles. The maximum absolute atomic E-state index is 5.77. The number of hydrogen-bond donors (Lipinski definition) is 0. The average molecular weight is 271 g/mol. The Morgan fingerprint density at radius 2 is 2.43 bits per heavy atom. The lowest BCUT2D eigenvalue weighted by molar-refractivity contribution is 0.939. The first-order valence-electron chi connectivity index (χ1n) is 3.86. The number of rotatable bonds is 0. The van der Waals surface area contributed by atoms with Crippen molar-refractivity contribution in [1.29, 1.82) is 0 Å². The summed E-state index contributed by atoms with van der Waals surface area (Å²) in [5, 5.41) is 5.16. The maximum Gasteiger partial charge on any atom is 0.172 e. The van der Waals surface area contributed by atoms with Crippen molar-refractivity contribution in [3.05, 3.63) is 29.2 Å². The van der Waals surface area contributed by atoms with Crippen molar-refractivity contribution in [3.8, 4) is 11.8 Å². The Bertz CT molecular complexity index is 524. The van der Waals surface area contributed by atoms with Crippen LogP contribution in [0.2, 0.25) is 5.15 Å². The third kappa shape index (κ3) is 1.74. The molecule has 0 radical (unpaired) electrons. The van der Waals surface area contributed by atoms with Gasteiger partial charge < -0.3 is 0 Å². The van der Waals surface area contributed by atoms with Gasteiger partial charge in [0.15, 0.2) is 5.65 Å². The van der Waals surface area contributed by atoms with E-state index in [4.69, 9.17) is 11.6 Å². The van der Waals surface area contributed by atoms with E-state index in [9.17, 15) is 0 Å². The molecule has 0 fully saturated rings. The fourth-order valence-corrected chi connectivity index (χ4v) is 1.34. The highest BCUT2D eigenvalue weighted by atomic mass is 79.9. The number of aromatic nitrogens is 3. The van der Waals surface area contributed by atoms with Gasteiger partial charge in [-0.1, -0.05) is 39.4 Å². The highest BCUT2D eigenvalue weighted by Crippen LogP contribution is 2.10. The smallest absolute Gasteiger partial charge is 0.172 e. The van der Waals surface area contributed by atoms with Gasteiger partial charge in [-0.15, -0.1) is 0 Å². The Labute approximate surface area is 94.2 Å². The lowest BCUT2D eigenvalue weighted by Gasteiger charge is -1.92. The van der Waals surface area contributed by atoms with E-state index in [0.717, 1.165) is 5.56 Å². The molecule has 14 heavy (non-hydrogen) atoms. The molecule has 0 unspecified atom stereocenters. The van der Waals surface area contributed by atoms with Crippen LogP contribution in [0.1, 0.15) is 5.56 Å². The van der Waals surface area contributed by atoms with Gasteiger partial charge in [-0.2, -0.15) is 5.10 Å². The molecule has 2 heterocycles. The third-order valence-electron chi connectivity index (χ3n) is 1.62. The van der Waals surface area contributed by atoms with Crippen LogP contribution in [0, 0.1) is 11.8 Å². The van der Waals surface area contributed by atoms with E-state index in [-0.39, 0.29) is 0 Å². The van der Waals surface area contributed by atoms with Gasteiger partial charge in [0.1, 0.15) is 5.15 Å². The summed E-state index contributed by atoms with van der Waals surface area (Å²) in [6.07, 6.45) is 3.43. The second kappa shape index (κ2) is 3.99. The molecule has 2 aromatic heterocycles. The zero-order valence-corrected chi connectivity index (χ0v) is 9.38. The van der Waals surface area contributed by atoms with E-state index in [0.29, 0.717) is 16.1 Å². The van der Waals surface area contributed by atoms with Gasteiger partial charge in [0, 0.05) is 6.20 Å². The predicted octanol–water partition coefficient (Wildman–Crippen LogP) is 2.13. The van der Waals surface area contributed by atoms with Gasteiger partial charge in [-0.25, -0.2) is 9.50 Å². The molecule has 0 saturated heterocycles.